The molecular formula is C22H35FO3. The second kappa shape index (κ2) is 7.24. The van der Waals surface area contributed by atoms with Crippen LogP contribution >= 0.6 is 0 Å². The Hall–Kier alpha value is -0.930. The van der Waals surface area contributed by atoms with Gasteiger partial charge in [-0.05, 0) is 61.7 Å². The fourth-order valence-corrected chi connectivity index (χ4v) is 7.44. The van der Waals surface area contributed by atoms with E-state index in [1.54, 1.807) is 0 Å². The Morgan fingerprint density at radius 1 is 1.00 bits per heavy atom. The van der Waals surface area contributed by atoms with Gasteiger partial charge < -0.3 is 4.74 Å². The van der Waals surface area contributed by atoms with E-state index in [1.807, 2.05) is 0 Å². The van der Waals surface area contributed by atoms with Gasteiger partial charge in [0.25, 0.3) is 0 Å². The maximum absolute atomic E-state index is 13.0. The Labute approximate surface area is 157 Å². The van der Waals surface area contributed by atoms with E-state index in [0.717, 1.165) is 32.1 Å². The minimum absolute atomic E-state index is 0.0629. The Morgan fingerprint density at radius 3 is 2.38 bits per heavy atom. The molecule has 3 nitrogen and oxygen atoms in total. The molecule has 0 bridgehead atoms. The quantitative estimate of drug-likeness (QED) is 0.605. The fraction of sp³-hybridized carbons (Fsp3) is 0.909. The van der Waals surface area contributed by atoms with Crippen molar-refractivity contribution >= 4 is 11.8 Å². The van der Waals surface area contributed by atoms with Crippen LogP contribution in [0.15, 0.2) is 0 Å². The molecule has 148 valence electrons. The zero-order chi connectivity index (χ0) is 19.1. The van der Waals surface area contributed by atoms with Gasteiger partial charge in [0.05, 0.1) is 7.18 Å². The maximum Gasteiger partial charge on any atom is 0.302 e. The highest BCUT2D eigenvalue weighted by Gasteiger charge is 2.62. The Bertz CT molecular complexity index is 562. The lowest BCUT2D eigenvalue weighted by Gasteiger charge is -2.59. The van der Waals surface area contributed by atoms with Crippen molar-refractivity contribution in [2.24, 2.45) is 34.5 Å². The van der Waals surface area contributed by atoms with Crippen LogP contribution in [-0.4, -0.2) is 25.0 Å². The van der Waals surface area contributed by atoms with E-state index < -0.39 is 0 Å². The number of fused-ring (bicyclic) bond motifs is 5. The number of esters is 1. The first-order valence-corrected chi connectivity index (χ1v) is 10.4. The van der Waals surface area contributed by atoms with Gasteiger partial charge in [-0.25, -0.2) is 0 Å². The van der Waals surface area contributed by atoms with Gasteiger partial charge in [-0.2, -0.15) is 0 Å². The van der Waals surface area contributed by atoms with Crippen LogP contribution in [0.5, 0.6) is 0 Å². The molecule has 0 heterocycles. The van der Waals surface area contributed by atoms with Gasteiger partial charge in [0, 0.05) is 24.7 Å². The summed E-state index contributed by atoms with van der Waals surface area (Å²) in [5.74, 6) is 2.50. The first kappa shape index (κ1) is 19.8. The predicted molar refractivity (Wildman–Crippen MR) is 99.3 cm³/mol. The Balaban J connectivity index is 0.000000948. The van der Waals surface area contributed by atoms with E-state index >= 15 is 0 Å². The summed E-state index contributed by atoms with van der Waals surface area (Å²) in [5.41, 5.74) is 0.323. The number of carbonyl (C=O) groups is 2. The van der Waals surface area contributed by atoms with Crippen molar-refractivity contribution < 1.29 is 18.7 Å². The summed E-state index contributed by atoms with van der Waals surface area (Å²) in [6.07, 6.45) is 10.2. The van der Waals surface area contributed by atoms with Crippen molar-refractivity contribution in [1.82, 2.24) is 0 Å². The van der Waals surface area contributed by atoms with Crippen LogP contribution in [0.4, 0.5) is 4.39 Å². The molecule has 0 saturated heterocycles. The molecule has 0 radical (unpaired) electrons. The van der Waals surface area contributed by atoms with E-state index in [4.69, 9.17) is 4.74 Å². The van der Waals surface area contributed by atoms with Gasteiger partial charge in [-0.1, -0.05) is 26.7 Å². The molecular weight excluding hydrogens is 331 g/mol. The molecule has 0 spiro atoms. The highest BCUT2D eigenvalue weighted by atomic mass is 19.1. The third kappa shape index (κ3) is 2.92. The number of Topliss-reactive ketones (excluding diaryl/α,β-unsaturated/α-hetero) is 1. The number of carbonyl (C=O) groups excluding carboxylic acids is 2. The van der Waals surface area contributed by atoms with Gasteiger partial charge in [0.2, 0.25) is 0 Å². The van der Waals surface area contributed by atoms with E-state index in [0.29, 0.717) is 36.6 Å². The second-order valence-electron chi connectivity index (χ2n) is 9.57. The van der Waals surface area contributed by atoms with E-state index in [-0.39, 0.29) is 22.9 Å². The summed E-state index contributed by atoms with van der Waals surface area (Å²) in [5, 5.41) is 0. The van der Waals surface area contributed by atoms with Crippen molar-refractivity contribution in [3.8, 4) is 0 Å². The lowest BCUT2D eigenvalue weighted by molar-refractivity contribution is -0.166. The van der Waals surface area contributed by atoms with Crippen molar-refractivity contribution in [3.05, 3.63) is 0 Å². The van der Waals surface area contributed by atoms with Crippen LogP contribution in [0, 0.1) is 34.5 Å². The molecule has 4 aliphatic carbocycles. The summed E-state index contributed by atoms with van der Waals surface area (Å²) >= 11 is 0. The van der Waals surface area contributed by atoms with E-state index in [2.05, 4.69) is 13.8 Å². The average molecular weight is 367 g/mol. The SMILES string of the molecule is CC(=O)OC1CCC2C3CC(=O)C4CCCCC4(C)C3CCC12C.CF. The number of ketones is 1. The standard InChI is InChI=1S/C21H32O3.CH3F/c1-13(22)24-19-8-7-15-14-12-18(23)17-6-4-5-10-20(17,2)16(14)9-11-21(15,19)3;1-2/h14-17,19H,4-12H2,1-3H3;1H3. The third-order valence-corrected chi connectivity index (χ3v) is 8.59. The summed E-state index contributed by atoms with van der Waals surface area (Å²) < 4.78 is 15.2. The zero-order valence-corrected chi connectivity index (χ0v) is 16.9. The van der Waals surface area contributed by atoms with Crippen LogP contribution in [0.2, 0.25) is 0 Å². The number of halogens is 1. The molecule has 26 heavy (non-hydrogen) atoms. The van der Waals surface area contributed by atoms with Crippen molar-refractivity contribution in [2.75, 3.05) is 7.18 Å². The molecule has 4 aliphatic rings. The lowest BCUT2D eigenvalue weighted by atomic mass is 9.45. The minimum Gasteiger partial charge on any atom is -0.462 e. The monoisotopic (exact) mass is 366 g/mol. The van der Waals surface area contributed by atoms with Gasteiger partial charge >= 0.3 is 5.97 Å². The first-order valence-electron chi connectivity index (χ1n) is 10.4. The summed E-state index contributed by atoms with van der Waals surface area (Å²) in [4.78, 5) is 24.5. The Morgan fingerprint density at radius 2 is 1.69 bits per heavy atom. The van der Waals surface area contributed by atoms with Gasteiger partial charge in [-0.3, -0.25) is 14.0 Å². The fourth-order valence-electron chi connectivity index (χ4n) is 7.44. The molecule has 4 fully saturated rings. The van der Waals surface area contributed by atoms with Crippen LogP contribution < -0.4 is 0 Å². The number of hydrogen-bond donors (Lipinski definition) is 0. The average Bonchev–Trinajstić information content (AvgIpc) is 2.93. The number of ether oxygens (including phenoxy) is 1. The lowest BCUT2D eigenvalue weighted by Crippen LogP contribution is -2.56. The normalized spacial score (nSPS) is 47.0. The Kier molecular flexibility index (Phi) is 5.52. The topological polar surface area (TPSA) is 43.4 Å². The molecule has 0 aromatic heterocycles. The predicted octanol–water partition coefficient (Wildman–Crippen LogP) is 5.12. The molecule has 0 aromatic rings. The first-order chi connectivity index (χ1) is 12.4. The molecule has 7 atom stereocenters. The summed E-state index contributed by atoms with van der Waals surface area (Å²) in [7, 11) is 0.500. The smallest absolute Gasteiger partial charge is 0.302 e. The molecule has 4 rings (SSSR count). The molecule has 0 aromatic carbocycles. The van der Waals surface area contributed by atoms with Crippen LogP contribution in [0.25, 0.3) is 0 Å². The zero-order valence-electron chi connectivity index (χ0n) is 16.9. The number of hydrogen-bond acceptors (Lipinski definition) is 3. The maximum atomic E-state index is 13.0. The number of rotatable bonds is 1. The van der Waals surface area contributed by atoms with Crippen molar-refractivity contribution in [3.63, 3.8) is 0 Å². The minimum atomic E-state index is -0.150. The van der Waals surface area contributed by atoms with Gasteiger partial charge in [0.1, 0.15) is 11.9 Å². The third-order valence-electron chi connectivity index (χ3n) is 8.59. The molecule has 0 amide bonds. The van der Waals surface area contributed by atoms with Crippen molar-refractivity contribution in [2.45, 2.75) is 84.7 Å². The van der Waals surface area contributed by atoms with Crippen LogP contribution in [-0.2, 0) is 14.3 Å². The molecule has 7 unspecified atom stereocenters. The van der Waals surface area contributed by atoms with Crippen molar-refractivity contribution in [1.29, 1.82) is 0 Å². The summed E-state index contributed by atoms with van der Waals surface area (Å²) in [6, 6.07) is 0. The second-order valence-corrected chi connectivity index (χ2v) is 9.57. The highest BCUT2D eigenvalue weighted by Crippen LogP contribution is 2.65. The summed E-state index contributed by atoms with van der Waals surface area (Å²) in [6.45, 7) is 6.28. The highest BCUT2D eigenvalue weighted by molar-refractivity contribution is 5.83. The molecule has 0 aliphatic heterocycles. The number of alkyl halides is 1. The van der Waals surface area contributed by atoms with Crippen LogP contribution in [0.1, 0.15) is 78.6 Å². The molecule has 4 saturated carbocycles. The van der Waals surface area contributed by atoms with E-state index in [9.17, 15) is 14.0 Å². The molecule has 0 N–H and O–H groups in total. The largest absolute Gasteiger partial charge is 0.462 e. The molecule has 4 heteroatoms. The van der Waals surface area contributed by atoms with Crippen LogP contribution in [0.3, 0.4) is 0 Å². The van der Waals surface area contributed by atoms with E-state index in [1.165, 1.54) is 32.6 Å². The van der Waals surface area contributed by atoms with Gasteiger partial charge in [0.15, 0.2) is 0 Å². The van der Waals surface area contributed by atoms with Gasteiger partial charge in [-0.15, -0.1) is 0 Å².